The van der Waals surface area contributed by atoms with Crippen LogP contribution in [0, 0.1) is 30.1 Å². The fourth-order valence-corrected chi connectivity index (χ4v) is 6.86. The van der Waals surface area contributed by atoms with Crippen molar-refractivity contribution in [1.82, 2.24) is 15.5 Å². The molecule has 4 aliphatic carbocycles. The molecule has 2 amide bonds. The lowest BCUT2D eigenvalue weighted by atomic mass is 9.49. The normalized spacial score (nSPS) is 30.1. The van der Waals surface area contributed by atoms with Gasteiger partial charge in [-0.3, -0.25) is 14.9 Å². The van der Waals surface area contributed by atoms with Crippen LogP contribution in [0.4, 0.5) is 5.13 Å². The average molecular weight is 425 g/mol. The van der Waals surface area contributed by atoms with Gasteiger partial charge in [-0.1, -0.05) is 41.2 Å². The first-order valence-electron chi connectivity index (χ1n) is 10.9. The van der Waals surface area contributed by atoms with E-state index in [1.54, 1.807) is 6.92 Å². The number of hydrogen-bond donors (Lipinski definition) is 2. The maximum absolute atomic E-state index is 13.2. The molecule has 30 heavy (non-hydrogen) atoms. The molecule has 158 valence electrons. The van der Waals surface area contributed by atoms with Gasteiger partial charge in [0.25, 0.3) is 0 Å². The van der Waals surface area contributed by atoms with Crippen LogP contribution in [-0.2, 0) is 9.59 Å². The average Bonchev–Trinajstić information content (AvgIpc) is 3.16. The maximum Gasteiger partial charge on any atom is 0.248 e. The quantitative estimate of drug-likeness (QED) is 0.754. The van der Waals surface area contributed by atoms with E-state index >= 15 is 0 Å². The van der Waals surface area contributed by atoms with Gasteiger partial charge in [-0.25, -0.2) is 0 Å². The molecule has 1 aromatic carbocycles. The lowest BCUT2D eigenvalue weighted by Gasteiger charge is -2.55. The van der Waals surface area contributed by atoms with Crippen LogP contribution in [-0.4, -0.2) is 28.1 Å². The molecule has 0 radical (unpaired) electrons. The van der Waals surface area contributed by atoms with Crippen molar-refractivity contribution in [2.45, 2.75) is 58.4 Å². The Labute approximate surface area is 180 Å². The van der Waals surface area contributed by atoms with Crippen LogP contribution in [0.25, 0.3) is 10.6 Å². The number of benzene rings is 1. The van der Waals surface area contributed by atoms with Crippen molar-refractivity contribution in [2.24, 2.45) is 23.2 Å². The molecule has 2 aromatic rings. The summed E-state index contributed by atoms with van der Waals surface area (Å²) >= 11 is 1.34. The minimum Gasteiger partial charge on any atom is -0.344 e. The number of amides is 2. The van der Waals surface area contributed by atoms with Crippen molar-refractivity contribution in [3.05, 3.63) is 29.8 Å². The zero-order valence-electron chi connectivity index (χ0n) is 17.5. The lowest BCUT2D eigenvalue weighted by Crippen LogP contribution is -2.56. The van der Waals surface area contributed by atoms with Crippen molar-refractivity contribution in [3.63, 3.8) is 0 Å². The number of rotatable bonds is 5. The zero-order chi connectivity index (χ0) is 20.9. The van der Waals surface area contributed by atoms with Gasteiger partial charge in [0.2, 0.25) is 16.9 Å². The third-order valence-corrected chi connectivity index (χ3v) is 8.10. The van der Waals surface area contributed by atoms with Crippen molar-refractivity contribution >= 4 is 28.3 Å². The molecule has 4 saturated carbocycles. The molecule has 6 nitrogen and oxygen atoms in total. The fraction of sp³-hybridized carbons (Fsp3) is 0.565. The van der Waals surface area contributed by atoms with E-state index in [1.165, 1.54) is 36.2 Å². The van der Waals surface area contributed by atoms with Gasteiger partial charge in [0.05, 0.1) is 0 Å². The van der Waals surface area contributed by atoms with Gasteiger partial charge in [-0.05, 0) is 70.1 Å². The minimum atomic E-state index is -0.600. The zero-order valence-corrected chi connectivity index (χ0v) is 18.3. The summed E-state index contributed by atoms with van der Waals surface area (Å²) in [6.45, 7) is 3.78. The molecule has 0 unspecified atom stereocenters. The molecule has 0 spiro atoms. The van der Waals surface area contributed by atoms with E-state index in [2.05, 4.69) is 20.8 Å². The highest BCUT2D eigenvalue weighted by molar-refractivity contribution is 7.18. The second kappa shape index (κ2) is 7.45. The number of nitrogens with one attached hydrogen (secondary N) is 2. The van der Waals surface area contributed by atoms with Gasteiger partial charge >= 0.3 is 0 Å². The Bertz CT molecular complexity index is 933. The van der Waals surface area contributed by atoms with Crippen molar-refractivity contribution < 1.29 is 9.59 Å². The highest BCUT2D eigenvalue weighted by Crippen LogP contribution is 2.60. The Morgan fingerprint density at radius 2 is 1.63 bits per heavy atom. The Morgan fingerprint density at radius 1 is 1.03 bits per heavy atom. The Balaban J connectivity index is 1.21. The highest BCUT2D eigenvalue weighted by atomic mass is 32.1. The molecule has 0 aliphatic heterocycles. The first kappa shape index (κ1) is 19.7. The summed E-state index contributed by atoms with van der Waals surface area (Å²) in [5, 5.41) is 15.3. The first-order chi connectivity index (χ1) is 14.4. The van der Waals surface area contributed by atoms with Crippen LogP contribution in [0.5, 0.6) is 0 Å². The number of aromatic nitrogens is 2. The summed E-state index contributed by atoms with van der Waals surface area (Å²) in [6.07, 6.45) is 6.87. The minimum absolute atomic E-state index is 0.0712. The van der Waals surface area contributed by atoms with Gasteiger partial charge in [-0.15, -0.1) is 10.2 Å². The van der Waals surface area contributed by atoms with E-state index in [0.717, 1.165) is 29.8 Å². The van der Waals surface area contributed by atoms with Gasteiger partial charge in [0, 0.05) is 11.0 Å². The number of anilines is 1. The van der Waals surface area contributed by atoms with Crippen LogP contribution < -0.4 is 10.6 Å². The van der Waals surface area contributed by atoms with Crippen LogP contribution >= 0.6 is 11.3 Å². The molecule has 1 atom stereocenters. The fourth-order valence-electron chi connectivity index (χ4n) is 6.10. The summed E-state index contributed by atoms with van der Waals surface area (Å²) in [5.41, 5.74) is 1.91. The van der Waals surface area contributed by atoms with Crippen molar-refractivity contribution in [3.8, 4) is 10.6 Å². The number of carbonyl (C=O) groups is 2. The number of nitrogens with zero attached hydrogens (tertiary/aromatic N) is 2. The standard InChI is InChI=1S/C23H28N4O2S/c1-13-3-5-18(6-4-13)20-26-27-22(30-20)25-19(28)14(2)24-21(29)23-10-15-7-16(11-23)9-17(8-15)12-23/h3-6,14-17H,7-12H2,1-2H3,(H,24,29)(H,25,27,28)/t14-,15?,16?,17?,23?/m0/s1. The van der Waals surface area contributed by atoms with Crippen LogP contribution in [0.1, 0.15) is 51.0 Å². The molecule has 7 heteroatoms. The molecule has 4 fully saturated rings. The van der Waals surface area contributed by atoms with E-state index in [9.17, 15) is 9.59 Å². The van der Waals surface area contributed by atoms with Gasteiger partial charge in [0.15, 0.2) is 0 Å². The first-order valence-corrected chi connectivity index (χ1v) is 11.7. The van der Waals surface area contributed by atoms with Crippen molar-refractivity contribution in [1.29, 1.82) is 0 Å². The Morgan fingerprint density at radius 3 is 2.23 bits per heavy atom. The summed E-state index contributed by atoms with van der Waals surface area (Å²) in [6, 6.07) is 7.44. The van der Waals surface area contributed by atoms with Crippen molar-refractivity contribution in [2.75, 3.05) is 5.32 Å². The predicted octanol–water partition coefficient (Wildman–Crippen LogP) is 4.17. The molecule has 1 heterocycles. The Kier molecular flexibility index (Phi) is 4.88. The third kappa shape index (κ3) is 3.64. The van der Waals surface area contributed by atoms with E-state index in [-0.39, 0.29) is 17.2 Å². The molecular weight excluding hydrogens is 396 g/mol. The van der Waals surface area contributed by atoms with Crippen LogP contribution in [0.2, 0.25) is 0 Å². The second-order valence-electron chi connectivity index (χ2n) is 9.66. The summed E-state index contributed by atoms with van der Waals surface area (Å²) in [4.78, 5) is 25.8. The molecule has 0 saturated heterocycles. The molecule has 6 rings (SSSR count). The van der Waals surface area contributed by atoms with E-state index < -0.39 is 6.04 Å². The van der Waals surface area contributed by atoms with E-state index in [1.807, 2.05) is 31.2 Å². The molecular formula is C23H28N4O2S. The number of carbonyl (C=O) groups excluding carboxylic acids is 2. The van der Waals surface area contributed by atoms with Gasteiger partial charge in [0.1, 0.15) is 11.0 Å². The molecule has 1 aromatic heterocycles. The number of hydrogen-bond acceptors (Lipinski definition) is 5. The SMILES string of the molecule is Cc1ccc(-c2nnc(NC(=O)[C@H](C)NC(=O)C34CC5CC(CC(C5)C3)C4)s2)cc1. The molecule has 2 N–H and O–H groups in total. The van der Waals surface area contributed by atoms with Crippen LogP contribution in [0.15, 0.2) is 24.3 Å². The van der Waals surface area contributed by atoms with Gasteiger partial charge in [-0.2, -0.15) is 0 Å². The van der Waals surface area contributed by atoms with E-state index in [0.29, 0.717) is 22.9 Å². The van der Waals surface area contributed by atoms with Gasteiger partial charge < -0.3 is 5.32 Å². The lowest BCUT2D eigenvalue weighted by molar-refractivity contribution is -0.147. The van der Waals surface area contributed by atoms with E-state index in [4.69, 9.17) is 0 Å². The summed E-state index contributed by atoms with van der Waals surface area (Å²) in [5.74, 6) is 1.93. The second-order valence-corrected chi connectivity index (χ2v) is 10.6. The van der Waals surface area contributed by atoms with Crippen LogP contribution in [0.3, 0.4) is 0 Å². The summed E-state index contributed by atoms with van der Waals surface area (Å²) in [7, 11) is 0. The maximum atomic E-state index is 13.2. The number of aryl methyl sites for hydroxylation is 1. The predicted molar refractivity (Wildman–Crippen MR) is 117 cm³/mol. The highest BCUT2D eigenvalue weighted by Gasteiger charge is 2.54. The monoisotopic (exact) mass is 424 g/mol. The smallest absolute Gasteiger partial charge is 0.248 e. The molecule has 4 bridgehead atoms. The Hall–Kier alpha value is -2.28. The largest absolute Gasteiger partial charge is 0.344 e. The molecule has 4 aliphatic rings. The third-order valence-electron chi connectivity index (χ3n) is 7.21. The topological polar surface area (TPSA) is 84.0 Å². The summed E-state index contributed by atoms with van der Waals surface area (Å²) < 4.78 is 0.